The van der Waals surface area contributed by atoms with Crippen LogP contribution in [0.3, 0.4) is 0 Å². The van der Waals surface area contributed by atoms with Gasteiger partial charge in [0.15, 0.2) is 0 Å². The van der Waals surface area contributed by atoms with Crippen molar-refractivity contribution in [1.29, 1.82) is 0 Å². The molecular formula is C14H12BrN5O. The van der Waals surface area contributed by atoms with E-state index in [2.05, 4.69) is 36.6 Å². The van der Waals surface area contributed by atoms with E-state index >= 15 is 0 Å². The molecule has 0 unspecified atom stereocenters. The van der Waals surface area contributed by atoms with Gasteiger partial charge in [-0.15, -0.1) is 5.10 Å². The lowest BCUT2D eigenvalue weighted by Crippen LogP contribution is -2.16. The van der Waals surface area contributed by atoms with Crippen LogP contribution in [-0.4, -0.2) is 27.6 Å². The van der Waals surface area contributed by atoms with E-state index in [1.807, 2.05) is 24.3 Å². The molecule has 0 atom stereocenters. The lowest BCUT2D eigenvalue weighted by molar-refractivity contribution is 0.102. The average molecular weight is 346 g/mol. The maximum absolute atomic E-state index is 12.4. The Balaban J connectivity index is 1.96. The lowest BCUT2D eigenvalue weighted by atomic mass is 10.3. The number of amides is 1. The number of aromatic nitrogens is 3. The number of carbonyl (C=O) groups excluding carboxylic acids is 1. The normalized spacial score (nSPS) is 10.6. The second-order valence-corrected chi connectivity index (χ2v) is 5.18. The fourth-order valence-electron chi connectivity index (χ4n) is 1.94. The number of halogens is 1. The smallest absolute Gasteiger partial charge is 0.274 e. The highest BCUT2D eigenvalue weighted by molar-refractivity contribution is 9.10. The van der Waals surface area contributed by atoms with Crippen molar-refractivity contribution in [2.75, 3.05) is 17.7 Å². The molecule has 7 heteroatoms. The van der Waals surface area contributed by atoms with Gasteiger partial charge in [0, 0.05) is 11.5 Å². The topological polar surface area (TPSA) is 71.3 Å². The Morgan fingerprint density at radius 2 is 2.05 bits per heavy atom. The van der Waals surface area contributed by atoms with Crippen LogP contribution in [0.5, 0.6) is 0 Å². The van der Waals surface area contributed by atoms with Crippen molar-refractivity contribution in [2.24, 2.45) is 0 Å². The summed E-state index contributed by atoms with van der Waals surface area (Å²) in [5, 5.41) is 9.97. The van der Waals surface area contributed by atoms with E-state index in [4.69, 9.17) is 0 Å². The minimum Gasteiger partial charge on any atom is -0.356 e. The molecule has 0 radical (unpaired) electrons. The molecule has 3 aromatic rings. The molecule has 0 bridgehead atoms. The fourth-order valence-corrected chi connectivity index (χ4v) is 2.32. The molecule has 0 aliphatic heterocycles. The third-order valence-electron chi connectivity index (χ3n) is 2.98. The summed E-state index contributed by atoms with van der Waals surface area (Å²) >= 11 is 3.40. The monoisotopic (exact) mass is 345 g/mol. The van der Waals surface area contributed by atoms with Gasteiger partial charge in [-0.05, 0) is 40.2 Å². The van der Waals surface area contributed by atoms with Gasteiger partial charge in [0.05, 0.1) is 17.4 Å². The van der Waals surface area contributed by atoms with E-state index in [0.717, 1.165) is 9.99 Å². The Morgan fingerprint density at radius 1 is 1.24 bits per heavy atom. The van der Waals surface area contributed by atoms with Crippen LogP contribution in [-0.2, 0) is 0 Å². The maximum atomic E-state index is 12.4. The third-order valence-corrected chi connectivity index (χ3v) is 3.67. The molecule has 0 saturated carbocycles. The van der Waals surface area contributed by atoms with E-state index in [-0.39, 0.29) is 5.91 Å². The van der Waals surface area contributed by atoms with E-state index in [0.29, 0.717) is 17.3 Å². The summed E-state index contributed by atoms with van der Waals surface area (Å²) in [5.74, 6) is 0.219. The molecule has 1 aromatic carbocycles. The van der Waals surface area contributed by atoms with Crippen LogP contribution in [0.2, 0.25) is 0 Å². The van der Waals surface area contributed by atoms with Crippen molar-refractivity contribution in [1.82, 2.24) is 14.6 Å². The van der Waals surface area contributed by atoms with Gasteiger partial charge < -0.3 is 10.6 Å². The Hall–Kier alpha value is -2.41. The molecule has 0 fully saturated rings. The van der Waals surface area contributed by atoms with E-state index < -0.39 is 0 Å². The minimum absolute atomic E-state index is 0.234. The van der Waals surface area contributed by atoms with Crippen molar-refractivity contribution in [3.05, 3.63) is 52.8 Å². The number of fused-ring (bicyclic) bond motifs is 1. The van der Waals surface area contributed by atoms with Crippen LogP contribution in [0, 0.1) is 0 Å². The Labute approximate surface area is 129 Å². The number of benzene rings is 1. The van der Waals surface area contributed by atoms with Gasteiger partial charge in [0.25, 0.3) is 5.91 Å². The van der Waals surface area contributed by atoms with Gasteiger partial charge >= 0.3 is 0 Å². The molecule has 2 heterocycles. The average Bonchev–Trinajstić information content (AvgIpc) is 2.92. The summed E-state index contributed by atoms with van der Waals surface area (Å²) in [5.41, 5.74) is 1.91. The van der Waals surface area contributed by atoms with Crippen LogP contribution in [0.4, 0.5) is 11.6 Å². The molecule has 2 N–H and O–H groups in total. The molecule has 106 valence electrons. The van der Waals surface area contributed by atoms with Crippen molar-refractivity contribution in [3.63, 3.8) is 0 Å². The molecule has 6 nitrogen and oxygen atoms in total. The number of nitrogens with zero attached hydrogens (tertiary/aromatic N) is 3. The molecule has 3 rings (SSSR count). The molecular weight excluding hydrogens is 334 g/mol. The number of rotatable bonds is 3. The zero-order chi connectivity index (χ0) is 14.8. The number of nitrogens with one attached hydrogen (secondary N) is 2. The van der Waals surface area contributed by atoms with Crippen LogP contribution in [0.25, 0.3) is 5.52 Å². The maximum Gasteiger partial charge on any atom is 0.274 e. The highest BCUT2D eigenvalue weighted by Gasteiger charge is 2.14. The van der Waals surface area contributed by atoms with E-state index in [1.165, 1.54) is 0 Å². The molecule has 1 amide bonds. The van der Waals surface area contributed by atoms with Gasteiger partial charge in [0.1, 0.15) is 5.69 Å². The fraction of sp³-hybridized carbons (Fsp3) is 0.0714. The van der Waals surface area contributed by atoms with E-state index in [9.17, 15) is 4.79 Å². The highest BCUT2D eigenvalue weighted by Crippen LogP contribution is 2.22. The van der Waals surface area contributed by atoms with Gasteiger partial charge in [-0.1, -0.05) is 12.1 Å². The first-order valence-electron chi connectivity index (χ1n) is 6.27. The van der Waals surface area contributed by atoms with Crippen molar-refractivity contribution in [3.8, 4) is 0 Å². The number of hydrogen-bond acceptors (Lipinski definition) is 4. The SMILES string of the molecule is CNc1ncc2ccc(C(=O)Nc3ccccc3Br)n2n1. The first kappa shape index (κ1) is 13.6. The molecule has 0 aliphatic carbocycles. The van der Waals surface area contributed by atoms with Crippen molar-refractivity contribution in [2.45, 2.75) is 0 Å². The van der Waals surface area contributed by atoms with Gasteiger partial charge in [-0.3, -0.25) is 4.79 Å². The number of carbonyl (C=O) groups is 1. The van der Waals surface area contributed by atoms with E-state index in [1.54, 1.807) is 29.9 Å². The molecule has 0 saturated heterocycles. The lowest BCUT2D eigenvalue weighted by Gasteiger charge is -2.07. The summed E-state index contributed by atoms with van der Waals surface area (Å²) in [4.78, 5) is 16.5. The number of hydrogen-bond donors (Lipinski definition) is 2. The quantitative estimate of drug-likeness (QED) is 0.765. The minimum atomic E-state index is -0.234. The Kier molecular flexibility index (Phi) is 3.57. The first-order chi connectivity index (χ1) is 10.2. The molecule has 0 aliphatic rings. The van der Waals surface area contributed by atoms with Crippen LogP contribution in [0.15, 0.2) is 47.1 Å². The summed E-state index contributed by atoms with van der Waals surface area (Å²) in [6, 6.07) is 11.0. The Bertz CT molecular complexity index is 814. The summed E-state index contributed by atoms with van der Waals surface area (Å²) in [7, 11) is 1.73. The van der Waals surface area contributed by atoms with Crippen LogP contribution < -0.4 is 10.6 Å². The number of anilines is 2. The summed E-state index contributed by atoms with van der Waals surface area (Å²) in [6.45, 7) is 0. The molecule has 0 spiro atoms. The summed E-state index contributed by atoms with van der Waals surface area (Å²) < 4.78 is 2.38. The summed E-state index contributed by atoms with van der Waals surface area (Å²) in [6.07, 6.45) is 1.66. The van der Waals surface area contributed by atoms with Crippen molar-refractivity contribution >= 4 is 39.0 Å². The van der Waals surface area contributed by atoms with Gasteiger partial charge in [0.2, 0.25) is 5.95 Å². The van der Waals surface area contributed by atoms with Crippen LogP contribution in [0.1, 0.15) is 10.5 Å². The van der Waals surface area contributed by atoms with Crippen molar-refractivity contribution < 1.29 is 4.79 Å². The standard InChI is InChI=1S/C14H12BrN5O/c1-16-14-17-8-9-6-7-12(20(9)19-14)13(21)18-11-5-3-2-4-10(11)15/h2-8H,1H3,(H,16,19)(H,18,21). The zero-order valence-electron chi connectivity index (χ0n) is 11.2. The molecule has 21 heavy (non-hydrogen) atoms. The highest BCUT2D eigenvalue weighted by atomic mass is 79.9. The Morgan fingerprint density at radius 3 is 2.81 bits per heavy atom. The predicted molar refractivity (Wildman–Crippen MR) is 84.6 cm³/mol. The van der Waals surface area contributed by atoms with Crippen LogP contribution >= 0.6 is 15.9 Å². The first-order valence-corrected chi connectivity index (χ1v) is 7.07. The second-order valence-electron chi connectivity index (χ2n) is 4.32. The second kappa shape index (κ2) is 5.53. The molecule has 2 aromatic heterocycles. The predicted octanol–water partition coefficient (Wildman–Crippen LogP) is 2.79. The third kappa shape index (κ3) is 2.59. The largest absolute Gasteiger partial charge is 0.356 e. The number of para-hydroxylation sites is 1. The van der Waals surface area contributed by atoms with Gasteiger partial charge in [-0.2, -0.15) is 0 Å². The van der Waals surface area contributed by atoms with Gasteiger partial charge in [-0.25, -0.2) is 9.50 Å². The zero-order valence-corrected chi connectivity index (χ0v) is 12.8.